The van der Waals surface area contributed by atoms with E-state index in [-0.39, 0.29) is 0 Å². The average molecular weight is 254 g/mol. The fourth-order valence-corrected chi connectivity index (χ4v) is 2.51. The number of halogens is 1. The number of anilines is 1. The largest absolute Gasteiger partial charge is 0.354 e. The monoisotopic (exact) mass is 253 g/mol. The van der Waals surface area contributed by atoms with Gasteiger partial charge in [0.1, 0.15) is 0 Å². The molecule has 1 fully saturated rings. The first-order valence-corrected chi connectivity index (χ1v) is 6.62. The highest BCUT2D eigenvalue weighted by atomic mass is 35.5. The van der Waals surface area contributed by atoms with Gasteiger partial charge in [-0.1, -0.05) is 25.4 Å². The Morgan fingerprint density at radius 1 is 1.12 bits per heavy atom. The van der Waals surface area contributed by atoms with Crippen LogP contribution in [0.2, 0.25) is 5.15 Å². The molecule has 1 aromatic rings. The minimum atomic E-state index is 0.537. The smallest absolute Gasteiger partial charge is 0.171 e. The summed E-state index contributed by atoms with van der Waals surface area (Å²) in [7, 11) is 0. The van der Waals surface area contributed by atoms with Crippen molar-refractivity contribution in [3.8, 4) is 0 Å². The molecule has 2 atom stereocenters. The van der Waals surface area contributed by atoms with Gasteiger partial charge in [0.25, 0.3) is 0 Å². The van der Waals surface area contributed by atoms with Crippen molar-refractivity contribution < 1.29 is 0 Å². The summed E-state index contributed by atoms with van der Waals surface area (Å²) in [5.74, 6) is 2.32. The second-order valence-corrected chi connectivity index (χ2v) is 5.56. The van der Waals surface area contributed by atoms with Crippen molar-refractivity contribution in [2.75, 3.05) is 18.0 Å². The molecule has 94 valence electrons. The molecule has 17 heavy (non-hydrogen) atoms. The number of hydrogen-bond acceptors (Lipinski definition) is 3. The van der Waals surface area contributed by atoms with Crippen LogP contribution in [0.1, 0.15) is 31.7 Å². The molecule has 0 aromatic carbocycles. The summed E-state index contributed by atoms with van der Waals surface area (Å²) in [6.07, 6.45) is 1.20. The van der Waals surface area contributed by atoms with Gasteiger partial charge in [-0.25, -0.2) is 9.97 Å². The number of aromatic nitrogens is 2. The molecule has 1 aliphatic heterocycles. The third-order valence-corrected chi connectivity index (χ3v) is 4.13. The molecule has 3 nitrogen and oxygen atoms in total. The minimum Gasteiger partial charge on any atom is -0.354 e. The summed E-state index contributed by atoms with van der Waals surface area (Å²) in [5.41, 5.74) is 1.88. The molecule has 0 amide bonds. The third kappa shape index (κ3) is 2.54. The number of piperidine rings is 1. The summed E-state index contributed by atoms with van der Waals surface area (Å²) < 4.78 is 0. The van der Waals surface area contributed by atoms with E-state index in [0.717, 1.165) is 36.2 Å². The number of nitrogens with zero attached hydrogens (tertiary/aromatic N) is 3. The molecule has 0 saturated carbocycles. The first-order chi connectivity index (χ1) is 7.99. The summed E-state index contributed by atoms with van der Waals surface area (Å²) in [6, 6.07) is 0. The van der Waals surface area contributed by atoms with E-state index in [2.05, 4.69) is 28.7 Å². The van der Waals surface area contributed by atoms with Gasteiger partial charge in [-0.15, -0.1) is 0 Å². The molecule has 2 rings (SSSR count). The Balaban J connectivity index is 2.26. The molecular formula is C13H20ClN3. The number of rotatable bonds is 1. The summed E-state index contributed by atoms with van der Waals surface area (Å²) in [4.78, 5) is 11.2. The molecule has 0 aliphatic carbocycles. The molecule has 0 spiro atoms. The Morgan fingerprint density at radius 2 is 1.76 bits per heavy atom. The van der Waals surface area contributed by atoms with Crippen LogP contribution in [-0.2, 0) is 0 Å². The highest BCUT2D eigenvalue weighted by Crippen LogP contribution is 2.29. The predicted molar refractivity (Wildman–Crippen MR) is 71.7 cm³/mol. The van der Waals surface area contributed by atoms with Gasteiger partial charge < -0.3 is 4.90 Å². The second kappa shape index (κ2) is 4.81. The van der Waals surface area contributed by atoms with E-state index >= 15 is 0 Å². The number of hydrogen-bond donors (Lipinski definition) is 0. The van der Waals surface area contributed by atoms with Crippen LogP contribution >= 0.6 is 11.6 Å². The van der Waals surface area contributed by atoms with Gasteiger partial charge in [-0.05, 0) is 32.1 Å². The standard InChI is InChI=1S/C13H20ClN3/c1-8-5-6-17(7-9(8)2)13-12(14)15-10(3)11(4)16-13/h8-9H,5-7H2,1-4H3. The predicted octanol–water partition coefficient (Wildman–Crippen LogP) is 3.23. The Bertz CT molecular complexity index is 419. The lowest BCUT2D eigenvalue weighted by Gasteiger charge is -2.36. The van der Waals surface area contributed by atoms with E-state index in [4.69, 9.17) is 11.6 Å². The average Bonchev–Trinajstić information content (AvgIpc) is 2.27. The van der Waals surface area contributed by atoms with Gasteiger partial charge >= 0.3 is 0 Å². The SMILES string of the molecule is Cc1nc(Cl)c(N2CCC(C)C(C)C2)nc1C. The number of aryl methyl sites for hydroxylation is 2. The van der Waals surface area contributed by atoms with E-state index in [1.165, 1.54) is 6.42 Å². The van der Waals surface area contributed by atoms with Crippen LogP contribution in [0.4, 0.5) is 5.82 Å². The molecule has 2 heterocycles. The fourth-order valence-electron chi connectivity index (χ4n) is 2.22. The van der Waals surface area contributed by atoms with E-state index in [1.54, 1.807) is 0 Å². The molecule has 2 unspecified atom stereocenters. The molecular weight excluding hydrogens is 234 g/mol. The van der Waals surface area contributed by atoms with Crippen LogP contribution in [0.25, 0.3) is 0 Å². The van der Waals surface area contributed by atoms with E-state index in [1.807, 2.05) is 13.8 Å². The molecule has 0 radical (unpaired) electrons. The van der Waals surface area contributed by atoms with E-state index in [9.17, 15) is 0 Å². The van der Waals surface area contributed by atoms with Gasteiger partial charge in [0.15, 0.2) is 11.0 Å². The lowest BCUT2D eigenvalue weighted by Crippen LogP contribution is -2.39. The second-order valence-electron chi connectivity index (χ2n) is 5.20. The van der Waals surface area contributed by atoms with Gasteiger partial charge in [0.2, 0.25) is 0 Å². The Kier molecular flexibility index (Phi) is 3.57. The summed E-state index contributed by atoms with van der Waals surface area (Å²) in [5, 5.41) is 0.537. The van der Waals surface area contributed by atoms with Gasteiger partial charge in [0, 0.05) is 13.1 Å². The van der Waals surface area contributed by atoms with Crippen LogP contribution in [-0.4, -0.2) is 23.1 Å². The third-order valence-electron chi connectivity index (χ3n) is 3.88. The van der Waals surface area contributed by atoms with Crippen LogP contribution in [0.3, 0.4) is 0 Å². The highest BCUT2D eigenvalue weighted by molar-refractivity contribution is 6.31. The Morgan fingerprint density at radius 3 is 2.41 bits per heavy atom. The van der Waals surface area contributed by atoms with Crippen molar-refractivity contribution in [2.24, 2.45) is 11.8 Å². The normalized spacial score (nSPS) is 25.1. The van der Waals surface area contributed by atoms with Gasteiger partial charge in [-0.2, -0.15) is 0 Å². The first-order valence-electron chi connectivity index (χ1n) is 6.24. The zero-order chi connectivity index (χ0) is 12.6. The molecule has 1 saturated heterocycles. The van der Waals surface area contributed by atoms with Crippen LogP contribution < -0.4 is 4.90 Å². The van der Waals surface area contributed by atoms with Crippen LogP contribution in [0.5, 0.6) is 0 Å². The maximum Gasteiger partial charge on any atom is 0.171 e. The van der Waals surface area contributed by atoms with E-state index in [0.29, 0.717) is 11.1 Å². The van der Waals surface area contributed by atoms with Crippen molar-refractivity contribution in [2.45, 2.75) is 34.1 Å². The van der Waals surface area contributed by atoms with Crippen LogP contribution in [0.15, 0.2) is 0 Å². The van der Waals surface area contributed by atoms with Crippen molar-refractivity contribution in [3.05, 3.63) is 16.5 Å². The Labute approximate surface area is 108 Å². The summed E-state index contributed by atoms with van der Waals surface area (Å²) in [6.45, 7) is 10.6. The molecule has 1 aliphatic rings. The topological polar surface area (TPSA) is 29.0 Å². The highest BCUT2D eigenvalue weighted by Gasteiger charge is 2.25. The van der Waals surface area contributed by atoms with Gasteiger partial charge in [0.05, 0.1) is 11.4 Å². The first kappa shape index (κ1) is 12.6. The lowest BCUT2D eigenvalue weighted by molar-refractivity contribution is 0.322. The quantitative estimate of drug-likeness (QED) is 0.770. The molecule has 0 bridgehead atoms. The molecule has 1 aromatic heterocycles. The van der Waals surface area contributed by atoms with Crippen molar-refractivity contribution in [3.63, 3.8) is 0 Å². The van der Waals surface area contributed by atoms with Crippen molar-refractivity contribution in [1.29, 1.82) is 0 Å². The van der Waals surface area contributed by atoms with Crippen molar-refractivity contribution in [1.82, 2.24) is 9.97 Å². The maximum atomic E-state index is 6.20. The Hall–Kier alpha value is -0.830. The van der Waals surface area contributed by atoms with Crippen LogP contribution in [0, 0.1) is 25.7 Å². The van der Waals surface area contributed by atoms with Crippen molar-refractivity contribution >= 4 is 17.4 Å². The zero-order valence-electron chi connectivity index (χ0n) is 11.0. The summed E-state index contributed by atoms with van der Waals surface area (Å²) >= 11 is 6.20. The minimum absolute atomic E-state index is 0.537. The maximum absolute atomic E-state index is 6.20. The zero-order valence-corrected chi connectivity index (χ0v) is 11.8. The van der Waals surface area contributed by atoms with Gasteiger partial charge in [-0.3, -0.25) is 0 Å². The fraction of sp³-hybridized carbons (Fsp3) is 0.692. The lowest BCUT2D eigenvalue weighted by atomic mass is 9.89. The molecule has 4 heteroatoms. The molecule has 0 N–H and O–H groups in total. The van der Waals surface area contributed by atoms with E-state index < -0.39 is 0 Å².